The Morgan fingerprint density at radius 2 is 1.86 bits per heavy atom. The molecule has 0 bridgehead atoms. The lowest BCUT2D eigenvalue weighted by atomic mass is 9.98. The molecular formula is C15H25N3O2S. The third-order valence-electron chi connectivity index (χ3n) is 4.05. The molecule has 6 heteroatoms. The molecule has 1 heterocycles. The van der Waals surface area contributed by atoms with Crippen LogP contribution in [0.15, 0.2) is 30.3 Å². The van der Waals surface area contributed by atoms with E-state index in [1.165, 1.54) is 4.31 Å². The number of nitrogens with one attached hydrogen (secondary N) is 1. The van der Waals surface area contributed by atoms with E-state index < -0.39 is 10.2 Å². The third kappa shape index (κ3) is 3.96. The van der Waals surface area contributed by atoms with E-state index in [4.69, 9.17) is 0 Å². The molecule has 1 fully saturated rings. The first-order valence-electron chi connectivity index (χ1n) is 7.55. The summed E-state index contributed by atoms with van der Waals surface area (Å²) in [6.07, 6.45) is 1.85. The Bertz CT molecular complexity index is 525. The molecule has 0 amide bonds. The Kier molecular flexibility index (Phi) is 5.61. The quantitative estimate of drug-likeness (QED) is 0.870. The van der Waals surface area contributed by atoms with E-state index in [9.17, 15) is 8.42 Å². The van der Waals surface area contributed by atoms with Crippen LogP contribution in [-0.2, 0) is 10.2 Å². The van der Waals surface area contributed by atoms with Gasteiger partial charge in [0.15, 0.2) is 0 Å². The largest absolute Gasteiger partial charge is 0.317 e. The van der Waals surface area contributed by atoms with Gasteiger partial charge in [0.1, 0.15) is 0 Å². The van der Waals surface area contributed by atoms with E-state index in [1.807, 2.05) is 30.3 Å². The average molecular weight is 311 g/mol. The van der Waals surface area contributed by atoms with Crippen LogP contribution in [0.3, 0.4) is 0 Å². The monoisotopic (exact) mass is 311 g/mol. The van der Waals surface area contributed by atoms with Crippen molar-refractivity contribution in [2.45, 2.75) is 19.8 Å². The van der Waals surface area contributed by atoms with Gasteiger partial charge in [-0.15, -0.1) is 0 Å². The molecule has 0 aromatic heterocycles. The number of para-hydroxylation sites is 1. The van der Waals surface area contributed by atoms with Crippen molar-refractivity contribution in [3.05, 3.63) is 30.3 Å². The summed E-state index contributed by atoms with van der Waals surface area (Å²) in [4.78, 5) is 0. The number of piperidine rings is 1. The third-order valence-corrected chi connectivity index (χ3v) is 5.97. The molecule has 0 spiro atoms. The summed E-state index contributed by atoms with van der Waals surface area (Å²) >= 11 is 0. The van der Waals surface area contributed by atoms with Gasteiger partial charge in [-0.2, -0.15) is 12.7 Å². The van der Waals surface area contributed by atoms with Gasteiger partial charge in [-0.05, 0) is 44.0 Å². The van der Waals surface area contributed by atoms with Crippen molar-refractivity contribution in [3.63, 3.8) is 0 Å². The normalized spacial score (nSPS) is 17.8. The van der Waals surface area contributed by atoms with Gasteiger partial charge in [0.2, 0.25) is 0 Å². The number of nitrogens with zero attached hydrogens (tertiary/aromatic N) is 2. The van der Waals surface area contributed by atoms with Crippen LogP contribution in [0.25, 0.3) is 0 Å². The zero-order chi connectivity index (χ0) is 15.3. The van der Waals surface area contributed by atoms with Crippen molar-refractivity contribution in [1.29, 1.82) is 0 Å². The van der Waals surface area contributed by atoms with Gasteiger partial charge in [-0.1, -0.05) is 25.1 Å². The predicted octanol–water partition coefficient (Wildman–Crippen LogP) is 1.69. The summed E-state index contributed by atoms with van der Waals surface area (Å²) in [6, 6.07) is 9.22. The second kappa shape index (κ2) is 7.24. The van der Waals surface area contributed by atoms with Gasteiger partial charge in [0.25, 0.3) is 0 Å². The molecule has 0 saturated carbocycles. The number of hydrogen-bond acceptors (Lipinski definition) is 3. The van der Waals surface area contributed by atoms with Gasteiger partial charge < -0.3 is 5.32 Å². The highest BCUT2D eigenvalue weighted by Crippen LogP contribution is 2.23. The highest BCUT2D eigenvalue weighted by atomic mass is 32.2. The molecule has 21 heavy (non-hydrogen) atoms. The molecular weight excluding hydrogens is 286 g/mol. The Labute approximate surface area is 128 Å². The highest BCUT2D eigenvalue weighted by Gasteiger charge is 2.31. The predicted molar refractivity (Wildman–Crippen MR) is 86.6 cm³/mol. The fourth-order valence-corrected chi connectivity index (χ4v) is 4.04. The lowest BCUT2D eigenvalue weighted by Gasteiger charge is -2.34. The average Bonchev–Trinajstić information content (AvgIpc) is 2.53. The van der Waals surface area contributed by atoms with Crippen molar-refractivity contribution in [2.75, 3.05) is 37.5 Å². The summed E-state index contributed by atoms with van der Waals surface area (Å²) < 4.78 is 28.3. The van der Waals surface area contributed by atoms with Crippen LogP contribution in [0.2, 0.25) is 0 Å². The molecule has 1 aromatic carbocycles. The molecule has 0 radical (unpaired) electrons. The van der Waals surface area contributed by atoms with Crippen LogP contribution in [0, 0.1) is 5.92 Å². The molecule has 1 aliphatic heterocycles. The van der Waals surface area contributed by atoms with E-state index in [1.54, 1.807) is 11.4 Å². The molecule has 1 aliphatic rings. The highest BCUT2D eigenvalue weighted by molar-refractivity contribution is 7.90. The summed E-state index contributed by atoms with van der Waals surface area (Å²) in [6.45, 7) is 5.26. The smallest absolute Gasteiger partial charge is 0.303 e. The first-order chi connectivity index (χ1) is 10.1. The molecule has 5 nitrogen and oxygen atoms in total. The van der Waals surface area contributed by atoms with Crippen LogP contribution < -0.4 is 9.62 Å². The number of rotatable bonds is 6. The second-order valence-corrected chi connectivity index (χ2v) is 7.42. The van der Waals surface area contributed by atoms with Crippen molar-refractivity contribution in [3.8, 4) is 0 Å². The Hall–Kier alpha value is -1.11. The topological polar surface area (TPSA) is 52.7 Å². The molecule has 0 aliphatic carbocycles. The molecule has 2 rings (SSSR count). The van der Waals surface area contributed by atoms with Gasteiger partial charge >= 0.3 is 10.2 Å². The number of anilines is 1. The summed E-state index contributed by atoms with van der Waals surface area (Å²) in [5.41, 5.74) is 0.701. The maximum absolute atomic E-state index is 12.6. The first kappa shape index (κ1) is 16.3. The van der Waals surface area contributed by atoms with Crippen LogP contribution in [-0.4, -0.2) is 45.9 Å². The summed E-state index contributed by atoms with van der Waals surface area (Å²) in [5.74, 6) is 0.582. The van der Waals surface area contributed by atoms with Crippen LogP contribution in [0.4, 0.5) is 5.69 Å². The minimum Gasteiger partial charge on any atom is -0.317 e. The van der Waals surface area contributed by atoms with Gasteiger partial charge in [0, 0.05) is 20.1 Å². The fraction of sp³-hybridized carbons (Fsp3) is 0.600. The van der Waals surface area contributed by atoms with E-state index in [0.29, 0.717) is 24.7 Å². The molecule has 118 valence electrons. The SMILES string of the molecule is CCNCC1CCN(S(=O)(=O)N(C)c2ccccc2)CC1. The van der Waals surface area contributed by atoms with Crippen LogP contribution >= 0.6 is 0 Å². The van der Waals surface area contributed by atoms with E-state index in [-0.39, 0.29) is 0 Å². The standard InChI is InChI=1S/C15H25N3O2S/c1-3-16-13-14-9-11-18(12-10-14)21(19,20)17(2)15-7-5-4-6-8-15/h4-8,14,16H,3,9-13H2,1-2H3. The van der Waals surface area contributed by atoms with Gasteiger partial charge in [-0.3, -0.25) is 4.31 Å². The van der Waals surface area contributed by atoms with Crippen LogP contribution in [0.5, 0.6) is 0 Å². The maximum Gasteiger partial charge on any atom is 0.303 e. The lowest BCUT2D eigenvalue weighted by Crippen LogP contribution is -2.46. The molecule has 0 unspecified atom stereocenters. The molecule has 1 N–H and O–H groups in total. The second-order valence-electron chi connectivity index (χ2n) is 5.46. The molecule has 0 atom stereocenters. The first-order valence-corrected chi connectivity index (χ1v) is 8.95. The minimum atomic E-state index is -3.41. The Morgan fingerprint density at radius 1 is 1.24 bits per heavy atom. The molecule has 1 aromatic rings. The molecule has 1 saturated heterocycles. The Morgan fingerprint density at radius 3 is 2.43 bits per heavy atom. The number of benzene rings is 1. The lowest BCUT2D eigenvalue weighted by molar-refractivity contribution is 0.268. The van der Waals surface area contributed by atoms with E-state index >= 15 is 0 Å². The van der Waals surface area contributed by atoms with Crippen molar-refractivity contribution in [1.82, 2.24) is 9.62 Å². The zero-order valence-corrected chi connectivity index (χ0v) is 13.6. The van der Waals surface area contributed by atoms with Gasteiger partial charge in [0.05, 0.1) is 5.69 Å². The fourth-order valence-electron chi connectivity index (χ4n) is 2.64. The van der Waals surface area contributed by atoms with E-state index in [0.717, 1.165) is 25.9 Å². The van der Waals surface area contributed by atoms with Crippen molar-refractivity contribution < 1.29 is 8.42 Å². The zero-order valence-electron chi connectivity index (χ0n) is 12.8. The summed E-state index contributed by atoms with van der Waals surface area (Å²) in [5, 5.41) is 3.34. The number of hydrogen-bond donors (Lipinski definition) is 1. The van der Waals surface area contributed by atoms with Gasteiger partial charge in [-0.25, -0.2) is 0 Å². The van der Waals surface area contributed by atoms with Crippen LogP contribution in [0.1, 0.15) is 19.8 Å². The maximum atomic E-state index is 12.6. The Balaban J connectivity index is 1.98. The minimum absolute atomic E-state index is 0.582. The summed E-state index contributed by atoms with van der Waals surface area (Å²) in [7, 11) is -1.79. The van der Waals surface area contributed by atoms with Crippen molar-refractivity contribution in [2.24, 2.45) is 5.92 Å². The van der Waals surface area contributed by atoms with E-state index in [2.05, 4.69) is 12.2 Å². The van der Waals surface area contributed by atoms with Crippen molar-refractivity contribution >= 4 is 15.9 Å².